The van der Waals surface area contributed by atoms with Gasteiger partial charge >= 0.3 is 0 Å². The predicted octanol–water partition coefficient (Wildman–Crippen LogP) is 2.21. The number of nitrogens with zero attached hydrogens (tertiary/aromatic N) is 2. The van der Waals surface area contributed by atoms with Crippen LogP contribution in [0.1, 0.15) is 21.5 Å². The molecule has 0 saturated heterocycles. The minimum absolute atomic E-state index is 0.158. The molecule has 0 fully saturated rings. The van der Waals surface area contributed by atoms with Gasteiger partial charge in [0.15, 0.2) is 0 Å². The minimum atomic E-state index is -0.233. The van der Waals surface area contributed by atoms with Gasteiger partial charge in [0, 0.05) is 24.2 Å². The Bertz CT molecular complexity index is 766. The SMILES string of the molecule is COc1ccc(OC)c(CN(CCO)C(=O)c2ccc(C#N)cc2)c1. The molecule has 0 saturated carbocycles. The van der Waals surface area contributed by atoms with Gasteiger partial charge in [0.05, 0.1) is 32.5 Å². The summed E-state index contributed by atoms with van der Waals surface area (Å²) in [6.45, 7) is 0.285. The highest BCUT2D eigenvalue weighted by Crippen LogP contribution is 2.25. The fourth-order valence-electron chi connectivity index (χ4n) is 2.45. The highest BCUT2D eigenvalue weighted by atomic mass is 16.5. The van der Waals surface area contributed by atoms with Crippen molar-refractivity contribution in [3.63, 3.8) is 0 Å². The van der Waals surface area contributed by atoms with Crippen LogP contribution in [0.25, 0.3) is 0 Å². The van der Waals surface area contributed by atoms with Gasteiger partial charge in [-0.05, 0) is 42.5 Å². The molecule has 2 aromatic carbocycles. The maximum Gasteiger partial charge on any atom is 0.254 e. The average molecular weight is 340 g/mol. The van der Waals surface area contributed by atoms with E-state index in [2.05, 4.69) is 0 Å². The summed E-state index contributed by atoms with van der Waals surface area (Å²) < 4.78 is 10.6. The van der Waals surface area contributed by atoms with Crippen LogP contribution in [0.15, 0.2) is 42.5 Å². The smallest absolute Gasteiger partial charge is 0.254 e. The van der Waals surface area contributed by atoms with Gasteiger partial charge < -0.3 is 19.5 Å². The van der Waals surface area contributed by atoms with Crippen LogP contribution in [0.3, 0.4) is 0 Å². The number of rotatable bonds is 7. The summed E-state index contributed by atoms with van der Waals surface area (Å²) in [6, 6.07) is 13.8. The van der Waals surface area contributed by atoms with Crippen molar-refractivity contribution in [3.05, 3.63) is 59.2 Å². The lowest BCUT2D eigenvalue weighted by molar-refractivity contribution is 0.0706. The summed E-state index contributed by atoms with van der Waals surface area (Å²) >= 11 is 0. The van der Waals surface area contributed by atoms with Crippen molar-refractivity contribution in [2.45, 2.75) is 6.54 Å². The van der Waals surface area contributed by atoms with Gasteiger partial charge in [-0.2, -0.15) is 5.26 Å². The maximum absolute atomic E-state index is 12.8. The molecule has 25 heavy (non-hydrogen) atoms. The minimum Gasteiger partial charge on any atom is -0.497 e. The molecule has 0 spiro atoms. The van der Waals surface area contributed by atoms with Gasteiger partial charge in [-0.3, -0.25) is 4.79 Å². The van der Waals surface area contributed by atoms with Crippen molar-refractivity contribution in [1.82, 2.24) is 4.90 Å². The van der Waals surface area contributed by atoms with Crippen molar-refractivity contribution in [2.24, 2.45) is 0 Å². The van der Waals surface area contributed by atoms with E-state index < -0.39 is 0 Å². The van der Waals surface area contributed by atoms with Crippen molar-refractivity contribution < 1.29 is 19.4 Å². The number of carbonyl (C=O) groups is 1. The highest BCUT2D eigenvalue weighted by Gasteiger charge is 2.18. The molecule has 1 N–H and O–H groups in total. The first-order valence-electron chi connectivity index (χ1n) is 7.74. The fourth-order valence-corrected chi connectivity index (χ4v) is 2.45. The second-order valence-electron chi connectivity index (χ2n) is 5.32. The van der Waals surface area contributed by atoms with E-state index in [1.165, 1.54) is 4.90 Å². The third-order valence-electron chi connectivity index (χ3n) is 3.77. The van der Waals surface area contributed by atoms with Gasteiger partial charge in [0.25, 0.3) is 5.91 Å². The summed E-state index contributed by atoms with van der Waals surface area (Å²) in [4.78, 5) is 14.3. The topological polar surface area (TPSA) is 82.8 Å². The Morgan fingerprint density at radius 1 is 1.16 bits per heavy atom. The van der Waals surface area contributed by atoms with Crippen LogP contribution in [-0.2, 0) is 6.54 Å². The monoisotopic (exact) mass is 340 g/mol. The number of aliphatic hydroxyl groups excluding tert-OH is 1. The molecule has 0 unspecified atom stereocenters. The Balaban J connectivity index is 2.28. The Kier molecular flexibility index (Phi) is 6.38. The van der Waals surface area contributed by atoms with E-state index in [0.29, 0.717) is 22.6 Å². The van der Waals surface area contributed by atoms with Crippen LogP contribution < -0.4 is 9.47 Å². The third-order valence-corrected chi connectivity index (χ3v) is 3.77. The van der Waals surface area contributed by atoms with Gasteiger partial charge in [-0.25, -0.2) is 0 Å². The lowest BCUT2D eigenvalue weighted by Gasteiger charge is -2.23. The van der Waals surface area contributed by atoms with E-state index in [1.54, 1.807) is 56.7 Å². The van der Waals surface area contributed by atoms with Gasteiger partial charge in [0.1, 0.15) is 11.5 Å². The molecule has 0 radical (unpaired) electrons. The molecule has 1 amide bonds. The molecule has 2 aromatic rings. The molecule has 0 atom stereocenters. The lowest BCUT2D eigenvalue weighted by atomic mass is 10.1. The van der Waals surface area contributed by atoms with E-state index in [4.69, 9.17) is 14.7 Å². The Hall–Kier alpha value is -3.04. The van der Waals surface area contributed by atoms with Gasteiger partial charge in [0.2, 0.25) is 0 Å². The number of hydrogen-bond donors (Lipinski definition) is 1. The quantitative estimate of drug-likeness (QED) is 0.835. The number of hydrogen-bond acceptors (Lipinski definition) is 5. The summed E-state index contributed by atoms with van der Waals surface area (Å²) in [7, 11) is 3.13. The third kappa shape index (κ3) is 4.49. The van der Waals surface area contributed by atoms with Crippen LogP contribution in [0.5, 0.6) is 11.5 Å². The van der Waals surface area contributed by atoms with Crippen molar-refractivity contribution >= 4 is 5.91 Å². The number of benzene rings is 2. The van der Waals surface area contributed by atoms with Crippen molar-refractivity contribution in [3.8, 4) is 17.6 Å². The zero-order valence-electron chi connectivity index (χ0n) is 14.2. The Labute approximate surface area is 146 Å². The van der Waals surface area contributed by atoms with Gasteiger partial charge in [-0.15, -0.1) is 0 Å². The number of ether oxygens (including phenoxy) is 2. The normalized spacial score (nSPS) is 10.0. The van der Waals surface area contributed by atoms with Gasteiger partial charge in [-0.1, -0.05) is 0 Å². The summed E-state index contributed by atoms with van der Waals surface area (Å²) in [5, 5.41) is 18.2. The molecule has 0 aliphatic heterocycles. The predicted molar refractivity (Wildman–Crippen MR) is 92.5 cm³/mol. The van der Waals surface area contributed by atoms with Crippen molar-refractivity contribution in [1.29, 1.82) is 5.26 Å². The second kappa shape index (κ2) is 8.71. The molecule has 2 rings (SSSR count). The molecule has 0 aliphatic rings. The first-order chi connectivity index (χ1) is 12.1. The van der Waals surface area contributed by atoms with Crippen LogP contribution >= 0.6 is 0 Å². The number of carbonyl (C=O) groups excluding carboxylic acids is 1. The molecule has 0 aromatic heterocycles. The van der Waals surface area contributed by atoms with E-state index in [0.717, 1.165) is 5.56 Å². The molecule has 6 nitrogen and oxygen atoms in total. The average Bonchev–Trinajstić information content (AvgIpc) is 2.67. The highest BCUT2D eigenvalue weighted by molar-refractivity contribution is 5.94. The lowest BCUT2D eigenvalue weighted by Crippen LogP contribution is -2.33. The van der Waals surface area contributed by atoms with Crippen LogP contribution in [-0.4, -0.2) is 43.3 Å². The van der Waals surface area contributed by atoms with E-state index in [9.17, 15) is 9.90 Å². The summed E-state index contributed by atoms with van der Waals surface area (Å²) in [6.07, 6.45) is 0. The maximum atomic E-state index is 12.8. The molecular weight excluding hydrogens is 320 g/mol. The zero-order chi connectivity index (χ0) is 18.2. The fraction of sp³-hybridized carbons (Fsp3) is 0.263. The Morgan fingerprint density at radius 2 is 1.88 bits per heavy atom. The standard InChI is InChI=1S/C19H20N2O4/c1-24-17-7-8-18(25-2)16(11-17)13-21(9-10-22)19(23)15-5-3-14(12-20)4-6-15/h3-8,11,22H,9-10,13H2,1-2H3. The molecule has 6 heteroatoms. The molecule has 130 valence electrons. The number of nitriles is 1. The van der Waals surface area contributed by atoms with Crippen molar-refractivity contribution in [2.75, 3.05) is 27.4 Å². The van der Waals surface area contributed by atoms with E-state index in [1.807, 2.05) is 6.07 Å². The van der Waals surface area contributed by atoms with Crippen LogP contribution in [0.2, 0.25) is 0 Å². The molecule has 0 heterocycles. The van der Waals surface area contributed by atoms with Crippen LogP contribution in [0.4, 0.5) is 0 Å². The van der Waals surface area contributed by atoms with E-state index in [-0.39, 0.29) is 25.6 Å². The number of amides is 1. The summed E-state index contributed by atoms with van der Waals surface area (Å²) in [5.41, 5.74) is 1.71. The molecular formula is C19H20N2O4. The van der Waals surface area contributed by atoms with E-state index >= 15 is 0 Å². The number of methoxy groups -OCH3 is 2. The molecule has 0 bridgehead atoms. The molecule has 0 aliphatic carbocycles. The first-order valence-corrected chi connectivity index (χ1v) is 7.74. The second-order valence-corrected chi connectivity index (χ2v) is 5.32. The zero-order valence-corrected chi connectivity index (χ0v) is 14.2. The summed E-state index contributed by atoms with van der Waals surface area (Å²) in [5.74, 6) is 1.06. The largest absolute Gasteiger partial charge is 0.497 e. The number of aliphatic hydroxyl groups is 1. The first kappa shape index (κ1) is 18.3. The Morgan fingerprint density at radius 3 is 2.44 bits per heavy atom. The van der Waals surface area contributed by atoms with Crippen LogP contribution in [0, 0.1) is 11.3 Å².